The van der Waals surface area contributed by atoms with Crippen molar-refractivity contribution in [3.05, 3.63) is 47.4 Å². The number of pyridine rings is 1. The molecule has 27 heavy (non-hydrogen) atoms. The molecule has 1 aliphatic heterocycles. The van der Waals surface area contributed by atoms with Gasteiger partial charge in [-0.3, -0.25) is 4.79 Å². The molecule has 0 saturated carbocycles. The Balaban J connectivity index is 1.88. The van der Waals surface area contributed by atoms with Crippen LogP contribution in [0, 0.1) is 18.7 Å². The molecule has 144 valence electrons. The molecule has 9 heteroatoms. The van der Waals surface area contributed by atoms with Crippen molar-refractivity contribution in [1.82, 2.24) is 10.3 Å². The van der Waals surface area contributed by atoms with E-state index in [-0.39, 0.29) is 39.4 Å². The molecular weight excluding hydrogens is 373 g/mol. The van der Waals surface area contributed by atoms with Crippen molar-refractivity contribution in [1.29, 1.82) is 0 Å². The Morgan fingerprint density at radius 3 is 2.67 bits per heavy atom. The van der Waals surface area contributed by atoms with Gasteiger partial charge in [0.1, 0.15) is 17.4 Å². The van der Waals surface area contributed by atoms with Crippen LogP contribution in [0.3, 0.4) is 0 Å². The molecule has 2 N–H and O–H groups in total. The number of sulfone groups is 1. The second-order valence-corrected chi connectivity index (χ2v) is 8.42. The van der Waals surface area contributed by atoms with Crippen LogP contribution in [0.25, 0.3) is 0 Å². The highest BCUT2D eigenvalue weighted by Gasteiger charge is 2.27. The third kappa shape index (κ3) is 4.25. The van der Waals surface area contributed by atoms with E-state index in [4.69, 9.17) is 4.74 Å². The monoisotopic (exact) mass is 393 g/mol. The van der Waals surface area contributed by atoms with Crippen LogP contribution >= 0.6 is 0 Å². The highest BCUT2D eigenvalue weighted by Crippen LogP contribution is 2.25. The van der Waals surface area contributed by atoms with Gasteiger partial charge in [0.25, 0.3) is 5.91 Å². The Morgan fingerprint density at radius 1 is 1.33 bits per heavy atom. The molecule has 0 radical (unpaired) electrons. The number of methoxy groups -OCH3 is 1. The molecule has 3 rings (SSSR count). The fourth-order valence-corrected chi connectivity index (χ4v) is 4.35. The molecule has 0 bridgehead atoms. The number of aromatic nitrogens is 1. The Labute approximate surface area is 156 Å². The van der Waals surface area contributed by atoms with Crippen molar-refractivity contribution in [3.8, 4) is 5.75 Å². The number of rotatable bonds is 6. The summed E-state index contributed by atoms with van der Waals surface area (Å²) in [5.41, 5.74) is 0.208. The maximum absolute atomic E-state index is 13.3. The minimum absolute atomic E-state index is 0.0199. The number of benzene rings is 1. The van der Waals surface area contributed by atoms with E-state index in [1.54, 1.807) is 0 Å². The number of anilines is 1. The van der Waals surface area contributed by atoms with Gasteiger partial charge in [-0.05, 0) is 43.2 Å². The first kappa shape index (κ1) is 19.2. The molecule has 1 fully saturated rings. The fourth-order valence-electron chi connectivity index (χ4n) is 2.73. The average Bonchev–Trinajstić information content (AvgIpc) is 2.61. The Morgan fingerprint density at radius 2 is 2.07 bits per heavy atom. The highest BCUT2D eigenvalue weighted by molar-refractivity contribution is 7.91. The maximum atomic E-state index is 13.3. The van der Waals surface area contributed by atoms with Crippen molar-refractivity contribution in [3.63, 3.8) is 0 Å². The molecule has 0 atom stereocenters. The summed E-state index contributed by atoms with van der Waals surface area (Å²) >= 11 is 0. The standard InChI is InChI=1S/C18H20FN3O4S/c1-11-15(19)4-6-17(21-11)22-18(23)14-7-13(3-5-16(14)26-2)27(24,25)10-12-8-20-9-12/h3-7,12,20H,8-10H2,1-2H3,(H,21,22,23). The first-order valence-electron chi connectivity index (χ1n) is 8.36. The zero-order valence-corrected chi connectivity index (χ0v) is 15.8. The number of nitrogens with one attached hydrogen (secondary N) is 2. The molecule has 1 saturated heterocycles. The van der Waals surface area contributed by atoms with Crippen molar-refractivity contribution < 1.29 is 22.3 Å². The van der Waals surface area contributed by atoms with E-state index in [1.807, 2.05) is 0 Å². The van der Waals surface area contributed by atoms with E-state index >= 15 is 0 Å². The normalized spacial score (nSPS) is 14.5. The van der Waals surface area contributed by atoms with Crippen molar-refractivity contribution in [2.75, 3.05) is 31.3 Å². The van der Waals surface area contributed by atoms with Crippen LogP contribution < -0.4 is 15.4 Å². The van der Waals surface area contributed by atoms with Crippen molar-refractivity contribution in [2.45, 2.75) is 11.8 Å². The molecule has 1 aliphatic rings. The topological polar surface area (TPSA) is 97.4 Å². The number of amides is 1. The largest absolute Gasteiger partial charge is 0.496 e. The number of hydrogen-bond acceptors (Lipinski definition) is 6. The van der Waals surface area contributed by atoms with Crippen LogP contribution in [0.2, 0.25) is 0 Å². The van der Waals surface area contributed by atoms with Gasteiger partial charge in [-0.1, -0.05) is 0 Å². The lowest BCUT2D eigenvalue weighted by Crippen LogP contribution is -2.45. The van der Waals surface area contributed by atoms with Crippen LogP contribution in [-0.2, 0) is 9.84 Å². The van der Waals surface area contributed by atoms with Crippen molar-refractivity contribution in [2.24, 2.45) is 5.92 Å². The van der Waals surface area contributed by atoms with Gasteiger partial charge < -0.3 is 15.4 Å². The van der Waals surface area contributed by atoms with Crippen LogP contribution in [-0.4, -0.2) is 45.3 Å². The third-order valence-electron chi connectivity index (χ3n) is 4.36. The second-order valence-electron chi connectivity index (χ2n) is 6.39. The molecule has 2 heterocycles. The van der Waals surface area contributed by atoms with Gasteiger partial charge in [0.05, 0.1) is 29.0 Å². The van der Waals surface area contributed by atoms with Gasteiger partial charge in [-0.25, -0.2) is 17.8 Å². The molecule has 0 unspecified atom stereocenters. The minimum Gasteiger partial charge on any atom is -0.496 e. The van der Waals surface area contributed by atoms with E-state index in [9.17, 15) is 17.6 Å². The lowest BCUT2D eigenvalue weighted by molar-refractivity contribution is 0.102. The summed E-state index contributed by atoms with van der Waals surface area (Å²) < 4.78 is 43.7. The molecule has 1 amide bonds. The summed E-state index contributed by atoms with van der Waals surface area (Å²) in [6.45, 7) is 2.81. The van der Waals surface area contributed by atoms with Gasteiger partial charge in [-0.15, -0.1) is 0 Å². The van der Waals surface area contributed by atoms with Gasteiger partial charge in [-0.2, -0.15) is 0 Å². The van der Waals surface area contributed by atoms with Gasteiger partial charge >= 0.3 is 0 Å². The molecule has 0 spiro atoms. The molecular formula is C18H20FN3O4S. The van der Waals surface area contributed by atoms with Crippen LogP contribution in [0.5, 0.6) is 5.75 Å². The van der Waals surface area contributed by atoms with E-state index < -0.39 is 21.6 Å². The van der Waals surface area contributed by atoms with Crippen LogP contribution in [0.1, 0.15) is 16.1 Å². The Bertz CT molecular complexity index is 975. The van der Waals surface area contributed by atoms with E-state index in [0.717, 1.165) is 0 Å². The SMILES string of the molecule is COc1ccc(S(=O)(=O)CC2CNC2)cc1C(=O)Nc1ccc(F)c(C)n1. The minimum atomic E-state index is -3.53. The van der Waals surface area contributed by atoms with Crippen molar-refractivity contribution >= 4 is 21.6 Å². The predicted octanol–water partition coefficient (Wildman–Crippen LogP) is 1.78. The van der Waals surface area contributed by atoms with E-state index in [1.165, 1.54) is 44.4 Å². The van der Waals surface area contributed by atoms with Gasteiger partial charge in [0.15, 0.2) is 9.84 Å². The molecule has 2 aromatic rings. The van der Waals surface area contributed by atoms with Crippen LogP contribution in [0.4, 0.5) is 10.2 Å². The number of ether oxygens (including phenoxy) is 1. The molecule has 1 aromatic heterocycles. The highest BCUT2D eigenvalue weighted by atomic mass is 32.2. The number of carbonyl (C=O) groups excluding carboxylic acids is 1. The lowest BCUT2D eigenvalue weighted by atomic mass is 10.1. The smallest absolute Gasteiger partial charge is 0.260 e. The first-order valence-corrected chi connectivity index (χ1v) is 10.0. The third-order valence-corrected chi connectivity index (χ3v) is 6.24. The fraction of sp³-hybridized carbons (Fsp3) is 0.333. The van der Waals surface area contributed by atoms with Gasteiger partial charge in [0.2, 0.25) is 0 Å². The Hall–Kier alpha value is -2.52. The summed E-state index contributed by atoms with van der Waals surface area (Å²) in [4.78, 5) is 16.6. The lowest BCUT2D eigenvalue weighted by Gasteiger charge is -2.26. The molecule has 0 aliphatic carbocycles. The number of aryl methyl sites for hydroxylation is 1. The van der Waals surface area contributed by atoms with Crippen LogP contribution in [0.15, 0.2) is 35.2 Å². The number of carbonyl (C=O) groups is 1. The number of halogens is 1. The molecule has 7 nitrogen and oxygen atoms in total. The summed E-state index contributed by atoms with van der Waals surface area (Å²) in [5, 5.41) is 5.58. The zero-order valence-electron chi connectivity index (χ0n) is 15.0. The summed E-state index contributed by atoms with van der Waals surface area (Å²) in [6, 6.07) is 6.70. The predicted molar refractivity (Wildman–Crippen MR) is 98.3 cm³/mol. The quantitative estimate of drug-likeness (QED) is 0.777. The van der Waals surface area contributed by atoms with E-state index in [2.05, 4.69) is 15.6 Å². The Kier molecular flexibility index (Phi) is 5.43. The zero-order chi connectivity index (χ0) is 19.6. The first-order chi connectivity index (χ1) is 12.8. The maximum Gasteiger partial charge on any atom is 0.260 e. The summed E-state index contributed by atoms with van der Waals surface area (Å²) in [5.74, 6) is -0.588. The molecule has 1 aromatic carbocycles. The second kappa shape index (κ2) is 7.61. The summed E-state index contributed by atoms with van der Waals surface area (Å²) in [7, 11) is -2.14. The number of nitrogens with zero attached hydrogens (tertiary/aromatic N) is 1. The van der Waals surface area contributed by atoms with E-state index in [0.29, 0.717) is 13.1 Å². The van der Waals surface area contributed by atoms with Gasteiger partial charge in [0, 0.05) is 13.1 Å². The number of hydrogen-bond donors (Lipinski definition) is 2. The average molecular weight is 393 g/mol. The summed E-state index contributed by atoms with van der Waals surface area (Å²) in [6.07, 6.45) is 0.